The molecule has 1 aliphatic heterocycles. The van der Waals surface area contributed by atoms with Gasteiger partial charge in [-0.2, -0.15) is 13.2 Å². The zero-order valence-electron chi connectivity index (χ0n) is 21.5. The third kappa shape index (κ3) is 6.76. The number of benzene rings is 3. The van der Waals surface area contributed by atoms with Crippen LogP contribution < -0.4 is 0 Å². The van der Waals surface area contributed by atoms with Gasteiger partial charge in [0.2, 0.25) is 0 Å². The molecule has 2 N–H and O–H groups in total. The third-order valence-corrected chi connectivity index (χ3v) is 6.89. The van der Waals surface area contributed by atoms with Crippen LogP contribution in [0.1, 0.15) is 23.6 Å². The van der Waals surface area contributed by atoms with Gasteiger partial charge in [-0.25, -0.2) is 9.59 Å². The summed E-state index contributed by atoms with van der Waals surface area (Å²) in [7, 11) is 0. The number of piperazine rings is 1. The molecule has 1 aliphatic rings. The number of carboxylic acid groups (broad SMARTS) is 2. The van der Waals surface area contributed by atoms with E-state index in [1.165, 1.54) is 39.5 Å². The molecule has 3 aromatic carbocycles. The molecule has 0 radical (unpaired) electrons. The summed E-state index contributed by atoms with van der Waals surface area (Å²) in [5, 5.41) is 17.4. The van der Waals surface area contributed by atoms with E-state index in [2.05, 4.69) is 63.8 Å². The van der Waals surface area contributed by atoms with Crippen molar-refractivity contribution in [3.8, 4) is 0 Å². The summed E-state index contributed by atoms with van der Waals surface area (Å²) in [6.45, 7) is 8.47. The molecule has 0 aliphatic carbocycles. The Morgan fingerprint density at radius 1 is 0.744 bits per heavy atom. The molecular formula is C29H30F3N3O4. The molecule has 0 saturated carbocycles. The van der Waals surface area contributed by atoms with Gasteiger partial charge in [-0.05, 0) is 48.4 Å². The number of aryl methyl sites for hydroxylation is 1. The Bertz CT molecular complexity index is 1440. The van der Waals surface area contributed by atoms with E-state index < -0.39 is 23.7 Å². The van der Waals surface area contributed by atoms with Gasteiger partial charge in [-0.3, -0.25) is 9.80 Å². The predicted molar refractivity (Wildman–Crippen MR) is 142 cm³/mol. The van der Waals surface area contributed by atoms with Crippen molar-refractivity contribution in [2.45, 2.75) is 32.7 Å². The van der Waals surface area contributed by atoms with Gasteiger partial charge >= 0.3 is 18.1 Å². The summed E-state index contributed by atoms with van der Waals surface area (Å²) in [4.78, 5) is 23.0. The fraction of sp³-hybridized carbons (Fsp3) is 0.310. The number of alkyl halides is 3. The number of halogens is 3. The van der Waals surface area contributed by atoms with Crippen LogP contribution in [0.4, 0.5) is 13.2 Å². The van der Waals surface area contributed by atoms with E-state index in [-0.39, 0.29) is 0 Å². The molecule has 39 heavy (non-hydrogen) atoms. The summed E-state index contributed by atoms with van der Waals surface area (Å²) in [6, 6.07) is 20.9. The second kappa shape index (κ2) is 11.9. The van der Waals surface area contributed by atoms with Gasteiger partial charge in [-0.1, -0.05) is 36.4 Å². The molecule has 0 spiro atoms. The first-order chi connectivity index (χ1) is 18.6. The van der Waals surface area contributed by atoms with Crippen LogP contribution in [0, 0.1) is 0 Å². The number of rotatable bonds is 5. The minimum Gasteiger partial charge on any atom is -0.473 e. The zero-order valence-corrected chi connectivity index (χ0v) is 21.5. The number of hydrogen-bond acceptors (Lipinski definition) is 4. The van der Waals surface area contributed by atoms with Crippen LogP contribution in [0.25, 0.3) is 21.8 Å². The first-order valence-electron chi connectivity index (χ1n) is 12.6. The van der Waals surface area contributed by atoms with E-state index in [0.717, 1.165) is 44.8 Å². The van der Waals surface area contributed by atoms with Gasteiger partial charge < -0.3 is 14.8 Å². The SMILES string of the molecule is CCn1c2ccccc2c2cc(CN3CCN(Cc4ccc(C(F)(F)F)cc4)CC3)ccc21.O=C(O)C(=O)O. The summed E-state index contributed by atoms with van der Waals surface area (Å²) >= 11 is 0. The van der Waals surface area contributed by atoms with Crippen LogP contribution in [0.15, 0.2) is 66.7 Å². The van der Waals surface area contributed by atoms with Crippen LogP contribution in [0.5, 0.6) is 0 Å². The molecule has 7 nitrogen and oxygen atoms in total. The smallest absolute Gasteiger partial charge is 0.416 e. The molecule has 1 saturated heterocycles. The van der Waals surface area contributed by atoms with Gasteiger partial charge in [0.1, 0.15) is 0 Å². The van der Waals surface area contributed by atoms with Crippen LogP contribution in [0.2, 0.25) is 0 Å². The van der Waals surface area contributed by atoms with Crippen molar-refractivity contribution in [2.24, 2.45) is 0 Å². The Kier molecular flexibility index (Phi) is 8.57. The second-order valence-corrected chi connectivity index (χ2v) is 9.47. The maximum atomic E-state index is 12.8. The van der Waals surface area contributed by atoms with Gasteiger partial charge in [0.15, 0.2) is 0 Å². The third-order valence-electron chi connectivity index (χ3n) is 6.89. The van der Waals surface area contributed by atoms with Crippen molar-refractivity contribution in [2.75, 3.05) is 26.2 Å². The number of aromatic nitrogens is 1. The van der Waals surface area contributed by atoms with Gasteiger partial charge in [-0.15, -0.1) is 0 Å². The topological polar surface area (TPSA) is 86.0 Å². The first-order valence-corrected chi connectivity index (χ1v) is 12.6. The zero-order chi connectivity index (χ0) is 28.2. The monoisotopic (exact) mass is 541 g/mol. The fourth-order valence-electron chi connectivity index (χ4n) is 4.96. The molecule has 206 valence electrons. The number of carboxylic acids is 2. The molecule has 0 bridgehead atoms. The summed E-state index contributed by atoms with van der Waals surface area (Å²) in [5.41, 5.74) is 4.22. The van der Waals surface area contributed by atoms with E-state index in [1.54, 1.807) is 12.1 Å². The number of nitrogens with zero attached hydrogens (tertiary/aromatic N) is 3. The molecule has 10 heteroatoms. The average molecular weight is 542 g/mol. The molecule has 0 atom stereocenters. The van der Waals surface area contributed by atoms with Crippen molar-refractivity contribution < 1.29 is 33.0 Å². The van der Waals surface area contributed by atoms with Crippen molar-refractivity contribution in [1.82, 2.24) is 14.4 Å². The van der Waals surface area contributed by atoms with E-state index in [0.29, 0.717) is 6.54 Å². The normalized spacial score (nSPS) is 14.8. The van der Waals surface area contributed by atoms with Crippen LogP contribution in [0.3, 0.4) is 0 Å². The Morgan fingerprint density at radius 2 is 1.26 bits per heavy atom. The van der Waals surface area contributed by atoms with Crippen molar-refractivity contribution in [3.63, 3.8) is 0 Å². The first kappa shape index (κ1) is 28.1. The highest BCUT2D eigenvalue weighted by Gasteiger charge is 2.30. The molecule has 2 heterocycles. The molecule has 5 rings (SSSR count). The van der Waals surface area contributed by atoms with E-state index in [9.17, 15) is 13.2 Å². The quantitative estimate of drug-likeness (QED) is 0.333. The van der Waals surface area contributed by atoms with Crippen LogP contribution in [-0.2, 0) is 35.4 Å². The van der Waals surface area contributed by atoms with Crippen LogP contribution in [-0.4, -0.2) is 62.7 Å². The lowest BCUT2D eigenvalue weighted by atomic mass is 10.1. The maximum absolute atomic E-state index is 12.8. The minimum atomic E-state index is -4.28. The summed E-state index contributed by atoms with van der Waals surface area (Å²) in [5.74, 6) is -3.65. The van der Waals surface area contributed by atoms with Crippen molar-refractivity contribution >= 4 is 33.7 Å². The van der Waals surface area contributed by atoms with Gasteiger partial charge in [0, 0.05) is 67.6 Å². The lowest BCUT2D eigenvalue weighted by molar-refractivity contribution is -0.159. The van der Waals surface area contributed by atoms with Gasteiger partial charge in [0.05, 0.1) is 5.56 Å². The lowest BCUT2D eigenvalue weighted by Crippen LogP contribution is -2.45. The predicted octanol–water partition coefficient (Wildman–Crippen LogP) is 5.31. The lowest BCUT2D eigenvalue weighted by Gasteiger charge is -2.34. The standard InChI is InChI=1S/C27H28F3N3.C2H2O4/c1-2-33-25-6-4-3-5-23(25)24-17-21(9-12-26(24)33)19-32-15-13-31(14-16-32)18-20-7-10-22(11-8-20)27(28,29)30;3-1(4)2(5)6/h3-12,17H,2,13-16,18-19H2,1H3;(H,3,4)(H,5,6). The maximum Gasteiger partial charge on any atom is 0.416 e. The number of hydrogen-bond donors (Lipinski definition) is 2. The Labute approximate surface area is 223 Å². The van der Waals surface area contributed by atoms with Crippen molar-refractivity contribution in [1.29, 1.82) is 0 Å². The summed E-state index contributed by atoms with van der Waals surface area (Å²) < 4.78 is 40.7. The highest BCUT2D eigenvalue weighted by atomic mass is 19.4. The molecule has 1 aromatic heterocycles. The largest absolute Gasteiger partial charge is 0.473 e. The highest BCUT2D eigenvalue weighted by molar-refractivity contribution is 6.27. The van der Waals surface area contributed by atoms with Gasteiger partial charge in [0.25, 0.3) is 0 Å². The molecular weight excluding hydrogens is 511 g/mol. The van der Waals surface area contributed by atoms with Crippen LogP contribution >= 0.6 is 0 Å². The minimum absolute atomic E-state index is 0.588. The summed E-state index contributed by atoms with van der Waals surface area (Å²) in [6.07, 6.45) is -4.28. The second-order valence-electron chi connectivity index (χ2n) is 9.47. The van der Waals surface area contributed by atoms with E-state index >= 15 is 0 Å². The number of aliphatic carboxylic acids is 2. The number of fused-ring (bicyclic) bond motifs is 3. The van der Waals surface area contributed by atoms with E-state index in [1.807, 2.05) is 0 Å². The molecule has 0 unspecified atom stereocenters. The molecule has 4 aromatic rings. The van der Waals surface area contributed by atoms with Crippen molar-refractivity contribution in [3.05, 3.63) is 83.4 Å². The molecule has 0 amide bonds. The Morgan fingerprint density at radius 3 is 1.79 bits per heavy atom. The Hall–Kier alpha value is -3.89. The fourth-order valence-corrected chi connectivity index (χ4v) is 4.96. The Balaban J connectivity index is 0.000000531. The number of para-hydroxylation sites is 1. The molecule has 1 fully saturated rings. The highest BCUT2D eigenvalue weighted by Crippen LogP contribution is 2.31. The number of carbonyl (C=O) groups is 2. The average Bonchev–Trinajstić information content (AvgIpc) is 3.23. The van der Waals surface area contributed by atoms with E-state index in [4.69, 9.17) is 19.8 Å².